The second-order valence-corrected chi connectivity index (χ2v) is 11.5. The van der Waals surface area contributed by atoms with Gasteiger partial charge in [-0.15, -0.1) is 23.5 Å². The zero-order valence-corrected chi connectivity index (χ0v) is 19.7. The van der Waals surface area contributed by atoms with Gasteiger partial charge in [0.05, 0.1) is 4.58 Å². The zero-order valence-electron chi connectivity index (χ0n) is 18.1. The van der Waals surface area contributed by atoms with Gasteiger partial charge in [-0.1, -0.05) is 31.4 Å². The largest absolute Gasteiger partial charge is 0.484 e. The molecule has 2 aliphatic heterocycles. The highest BCUT2D eigenvalue weighted by Crippen LogP contribution is 2.43. The van der Waals surface area contributed by atoms with Crippen LogP contribution in [0.2, 0.25) is 0 Å². The number of nitrogens with zero attached hydrogens (tertiary/aromatic N) is 2. The number of benzene rings is 1. The molecular formula is C24H36N2O2S2. The molecule has 4 rings (SSSR count). The molecule has 0 aromatic heterocycles. The van der Waals surface area contributed by atoms with Gasteiger partial charge in [-0.3, -0.25) is 4.79 Å². The molecule has 3 fully saturated rings. The Bertz CT molecular complexity index is 658. The van der Waals surface area contributed by atoms with Crippen molar-refractivity contribution in [2.45, 2.75) is 49.5 Å². The van der Waals surface area contributed by atoms with E-state index >= 15 is 0 Å². The Morgan fingerprint density at radius 2 is 1.67 bits per heavy atom. The maximum Gasteiger partial charge on any atom is 0.260 e. The fourth-order valence-corrected chi connectivity index (χ4v) is 7.67. The summed E-state index contributed by atoms with van der Waals surface area (Å²) in [7, 11) is 0. The number of hydrogen-bond donors (Lipinski definition) is 0. The van der Waals surface area contributed by atoms with E-state index in [1.54, 1.807) is 0 Å². The lowest BCUT2D eigenvalue weighted by Gasteiger charge is -2.28. The van der Waals surface area contributed by atoms with Crippen LogP contribution in [0.15, 0.2) is 24.3 Å². The maximum atomic E-state index is 12.7. The summed E-state index contributed by atoms with van der Waals surface area (Å²) in [5.41, 5.74) is 1.36. The number of carbonyl (C=O) groups excluding carboxylic acids is 1. The first-order chi connectivity index (χ1) is 14.8. The standard InChI is InChI=1S/C24H36N2O2S2/c27-23(19-28-22-10-8-21(9-11-22)24-29-16-5-17-30-24)26-13-4-12-25(14-15-26)18-20-6-2-1-3-7-20/h8-11,20,24H,1-7,12-19H2. The minimum atomic E-state index is 0.122. The van der Waals surface area contributed by atoms with Crippen LogP contribution in [-0.2, 0) is 4.79 Å². The SMILES string of the molecule is O=C(COc1ccc(C2SCCCS2)cc1)N1CCCN(CC2CCCCC2)CC1. The molecule has 2 saturated heterocycles. The van der Waals surface area contributed by atoms with Gasteiger partial charge in [-0.25, -0.2) is 0 Å². The molecule has 0 radical (unpaired) electrons. The number of carbonyl (C=O) groups is 1. The van der Waals surface area contributed by atoms with E-state index in [4.69, 9.17) is 4.74 Å². The van der Waals surface area contributed by atoms with Gasteiger partial charge in [-0.05, 0) is 67.3 Å². The van der Waals surface area contributed by atoms with Crippen LogP contribution >= 0.6 is 23.5 Å². The average molecular weight is 449 g/mol. The van der Waals surface area contributed by atoms with E-state index in [1.165, 1.54) is 62.1 Å². The molecule has 0 atom stereocenters. The predicted octanol–water partition coefficient (Wildman–Crippen LogP) is 5.05. The van der Waals surface area contributed by atoms with Crippen molar-refractivity contribution < 1.29 is 9.53 Å². The van der Waals surface area contributed by atoms with Crippen LogP contribution in [0.4, 0.5) is 0 Å². The third-order valence-electron chi connectivity index (χ3n) is 6.52. The van der Waals surface area contributed by atoms with E-state index in [-0.39, 0.29) is 12.5 Å². The summed E-state index contributed by atoms with van der Waals surface area (Å²) in [5.74, 6) is 4.29. The highest BCUT2D eigenvalue weighted by molar-refractivity contribution is 8.16. The van der Waals surface area contributed by atoms with Gasteiger partial charge < -0.3 is 14.5 Å². The summed E-state index contributed by atoms with van der Waals surface area (Å²) in [5, 5.41) is 0. The van der Waals surface area contributed by atoms with Crippen molar-refractivity contribution in [3.8, 4) is 5.75 Å². The first-order valence-corrected chi connectivity index (χ1v) is 13.8. The number of ether oxygens (including phenoxy) is 1. The minimum absolute atomic E-state index is 0.122. The molecule has 1 aromatic carbocycles. The van der Waals surface area contributed by atoms with Crippen molar-refractivity contribution in [1.29, 1.82) is 0 Å². The van der Waals surface area contributed by atoms with Crippen LogP contribution in [0.5, 0.6) is 5.75 Å². The molecular weight excluding hydrogens is 412 g/mol. The van der Waals surface area contributed by atoms with Crippen molar-refractivity contribution in [1.82, 2.24) is 9.80 Å². The van der Waals surface area contributed by atoms with Crippen LogP contribution in [-0.4, -0.2) is 66.5 Å². The summed E-state index contributed by atoms with van der Waals surface area (Å²) in [4.78, 5) is 17.3. The van der Waals surface area contributed by atoms with Crippen molar-refractivity contribution in [3.05, 3.63) is 29.8 Å². The van der Waals surface area contributed by atoms with E-state index in [9.17, 15) is 4.79 Å². The van der Waals surface area contributed by atoms with Crippen LogP contribution in [0.3, 0.4) is 0 Å². The molecule has 0 spiro atoms. The van der Waals surface area contributed by atoms with Crippen LogP contribution in [0.1, 0.15) is 55.1 Å². The molecule has 1 aliphatic carbocycles. The van der Waals surface area contributed by atoms with E-state index in [2.05, 4.69) is 17.0 Å². The smallest absolute Gasteiger partial charge is 0.260 e. The molecule has 6 heteroatoms. The van der Waals surface area contributed by atoms with E-state index in [0.717, 1.165) is 44.3 Å². The Labute approximate surface area is 190 Å². The van der Waals surface area contributed by atoms with Crippen molar-refractivity contribution in [3.63, 3.8) is 0 Å². The van der Waals surface area contributed by atoms with E-state index in [1.807, 2.05) is 40.6 Å². The Kier molecular flexibility index (Phi) is 8.70. The lowest BCUT2D eigenvalue weighted by atomic mass is 9.89. The number of thioether (sulfide) groups is 2. The molecule has 4 nitrogen and oxygen atoms in total. The van der Waals surface area contributed by atoms with Gasteiger partial charge in [0, 0.05) is 26.2 Å². The number of amides is 1. The summed E-state index contributed by atoms with van der Waals surface area (Å²) in [6.45, 7) is 5.20. The Morgan fingerprint density at radius 1 is 0.900 bits per heavy atom. The zero-order chi connectivity index (χ0) is 20.6. The number of rotatable bonds is 6. The molecule has 0 bridgehead atoms. The second kappa shape index (κ2) is 11.7. The monoisotopic (exact) mass is 448 g/mol. The van der Waals surface area contributed by atoms with Gasteiger partial charge in [0.15, 0.2) is 6.61 Å². The first kappa shape index (κ1) is 22.3. The summed E-state index contributed by atoms with van der Waals surface area (Å²) < 4.78 is 6.38. The summed E-state index contributed by atoms with van der Waals surface area (Å²) in [6.07, 6.45) is 9.39. The fourth-order valence-electron chi connectivity index (χ4n) is 4.78. The predicted molar refractivity (Wildman–Crippen MR) is 128 cm³/mol. The van der Waals surface area contributed by atoms with Gasteiger partial charge in [-0.2, -0.15) is 0 Å². The molecule has 1 amide bonds. The van der Waals surface area contributed by atoms with Crippen LogP contribution < -0.4 is 4.74 Å². The van der Waals surface area contributed by atoms with Crippen molar-refractivity contribution >= 4 is 29.4 Å². The molecule has 3 aliphatic rings. The minimum Gasteiger partial charge on any atom is -0.484 e. The van der Waals surface area contributed by atoms with Gasteiger partial charge >= 0.3 is 0 Å². The third-order valence-corrected chi connectivity index (χ3v) is 9.54. The molecule has 1 aromatic rings. The Hall–Kier alpha value is -0.850. The van der Waals surface area contributed by atoms with Gasteiger partial charge in [0.1, 0.15) is 5.75 Å². The van der Waals surface area contributed by atoms with Crippen molar-refractivity contribution in [2.75, 3.05) is 50.8 Å². The normalized spacial score (nSPS) is 22.6. The molecule has 1 saturated carbocycles. The maximum absolute atomic E-state index is 12.7. The molecule has 2 heterocycles. The lowest BCUT2D eigenvalue weighted by Crippen LogP contribution is -2.39. The quantitative estimate of drug-likeness (QED) is 0.608. The van der Waals surface area contributed by atoms with Gasteiger partial charge in [0.25, 0.3) is 5.91 Å². The fraction of sp³-hybridized carbons (Fsp3) is 0.708. The molecule has 166 valence electrons. The Morgan fingerprint density at radius 3 is 2.43 bits per heavy atom. The number of hydrogen-bond acceptors (Lipinski definition) is 5. The van der Waals surface area contributed by atoms with E-state index < -0.39 is 0 Å². The van der Waals surface area contributed by atoms with Crippen LogP contribution in [0.25, 0.3) is 0 Å². The highest BCUT2D eigenvalue weighted by Gasteiger charge is 2.22. The summed E-state index contributed by atoms with van der Waals surface area (Å²) in [6, 6.07) is 8.36. The van der Waals surface area contributed by atoms with Gasteiger partial charge in [0.2, 0.25) is 0 Å². The lowest BCUT2D eigenvalue weighted by molar-refractivity contribution is -0.133. The highest BCUT2D eigenvalue weighted by atomic mass is 32.2. The topological polar surface area (TPSA) is 32.8 Å². The first-order valence-electron chi connectivity index (χ1n) is 11.7. The van der Waals surface area contributed by atoms with E-state index in [0.29, 0.717) is 4.58 Å². The third kappa shape index (κ3) is 6.57. The Balaban J connectivity index is 1.20. The average Bonchev–Trinajstić information content (AvgIpc) is 3.05. The second-order valence-electron chi connectivity index (χ2n) is 8.82. The summed E-state index contributed by atoms with van der Waals surface area (Å²) >= 11 is 4.06. The van der Waals surface area contributed by atoms with Crippen LogP contribution in [0, 0.1) is 5.92 Å². The molecule has 0 N–H and O–H groups in total. The van der Waals surface area contributed by atoms with Crippen molar-refractivity contribution in [2.24, 2.45) is 5.92 Å². The molecule has 30 heavy (non-hydrogen) atoms. The molecule has 0 unspecified atom stereocenters.